The molecule has 4 nitrogen and oxygen atoms in total. The summed E-state index contributed by atoms with van der Waals surface area (Å²) in [7, 11) is 1.34. The molecule has 6 heteroatoms. The summed E-state index contributed by atoms with van der Waals surface area (Å²) < 4.78 is 26.3. The molecule has 1 rings (SSSR count). The topological polar surface area (TPSA) is 57.6 Å². The molecule has 1 aromatic rings. The largest absolute Gasteiger partial charge is 0.481 e. The predicted octanol–water partition coefficient (Wildman–Crippen LogP) is 1.76. The highest BCUT2D eigenvalue weighted by Crippen LogP contribution is 2.14. The Morgan fingerprint density at radius 1 is 1.39 bits per heavy atom. The standard InChI is InChI=1S/C12H13F2NO3/c1-7(12(17)18)6-15(2)11(16)8-4-3-5-9(13)10(8)14/h3-5,7H,6H2,1-2H3,(H,17,18)/t7-/m0/s1. The van der Waals surface area contributed by atoms with Crippen molar-refractivity contribution >= 4 is 11.9 Å². The van der Waals surface area contributed by atoms with Crippen molar-refractivity contribution in [3.05, 3.63) is 35.4 Å². The SMILES string of the molecule is C[C@@H](CN(C)C(=O)c1cccc(F)c1F)C(=O)O. The average Bonchev–Trinajstić information content (AvgIpc) is 2.31. The molecule has 0 aliphatic heterocycles. The van der Waals surface area contributed by atoms with Gasteiger partial charge in [-0.25, -0.2) is 8.78 Å². The van der Waals surface area contributed by atoms with Crippen LogP contribution >= 0.6 is 0 Å². The van der Waals surface area contributed by atoms with Gasteiger partial charge in [0.25, 0.3) is 5.91 Å². The number of carbonyl (C=O) groups is 2. The van der Waals surface area contributed by atoms with Crippen LogP contribution in [0.15, 0.2) is 18.2 Å². The van der Waals surface area contributed by atoms with Gasteiger partial charge in [-0.05, 0) is 12.1 Å². The van der Waals surface area contributed by atoms with Gasteiger partial charge < -0.3 is 10.0 Å². The first-order valence-electron chi connectivity index (χ1n) is 5.27. The zero-order valence-electron chi connectivity index (χ0n) is 9.98. The molecule has 18 heavy (non-hydrogen) atoms. The van der Waals surface area contributed by atoms with Crippen LogP contribution in [0.5, 0.6) is 0 Å². The molecule has 0 radical (unpaired) electrons. The van der Waals surface area contributed by atoms with Crippen LogP contribution in [0.1, 0.15) is 17.3 Å². The lowest BCUT2D eigenvalue weighted by Crippen LogP contribution is -2.34. The van der Waals surface area contributed by atoms with E-state index in [9.17, 15) is 18.4 Å². The van der Waals surface area contributed by atoms with Crippen molar-refractivity contribution in [3.8, 4) is 0 Å². The summed E-state index contributed by atoms with van der Waals surface area (Å²) in [6.45, 7) is 1.35. The fourth-order valence-electron chi connectivity index (χ4n) is 1.45. The van der Waals surface area contributed by atoms with Crippen molar-refractivity contribution in [3.63, 3.8) is 0 Å². The molecule has 0 bridgehead atoms. The molecule has 1 atom stereocenters. The highest BCUT2D eigenvalue weighted by atomic mass is 19.2. The van der Waals surface area contributed by atoms with Gasteiger partial charge in [-0.1, -0.05) is 13.0 Å². The zero-order chi connectivity index (χ0) is 13.9. The number of aliphatic carboxylic acids is 1. The van der Waals surface area contributed by atoms with Gasteiger partial charge in [0.2, 0.25) is 0 Å². The maximum Gasteiger partial charge on any atom is 0.308 e. The molecule has 0 aromatic heterocycles. The Kier molecular flexibility index (Phi) is 4.36. The first-order chi connectivity index (χ1) is 8.34. The van der Waals surface area contributed by atoms with E-state index >= 15 is 0 Å². The summed E-state index contributed by atoms with van der Waals surface area (Å²) in [5, 5.41) is 8.71. The van der Waals surface area contributed by atoms with Crippen molar-refractivity contribution in [2.45, 2.75) is 6.92 Å². The molecule has 0 saturated heterocycles. The Bertz CT molecular complexity index is 476. The van der Waals surface area contributed by atoms with E-state index in [1.807, 2.05) is 0 Å². The third kappa shape index (κ3) is 3.03. The van der Waals surface area contributed by atoms with E-state index in [1.54, 1.807) is 0 Å². The lowest BCUT2D eigenvalue weighted by Gasteiger charge is -2.19. The number of halogens is 2. The monoisotopic (exact) mass is 257 g/mol. The molecular weight excluding hydrogens is 244 g/mol. The molecule has 1 aromatic carbocycles. The second-order valence-electron chi connectivity index (χ2n) is 4.03. The van der Waals surface area contributed by atoms with Crippen molar-refractivity contribution in [2.75, 3.05) is 13.6 Å². The molecule has 0 fully saturated rings. The summed E-state index contributed by atoms with van der Waals surface area (Å²) in [5.41, 5.74) is -0.407. The minimum Gasteiger partial charge on any atom is -0.481 e. The quantitative estimate of drug-likeness (QED) is 0.894. The summed E-state index contributed by atoms with van der Waals surface area (Å²) >= 11 is 0. The third-order valence-corrected chi connectivity index (χ3v) is 2.50. The highest BCUT2D eigenvalue weighted by Gasteiger charge is 2.22. The molecular formula is C12H13F2NO3. The summed E-state index contributed by atoms with van der Waals surface area (Å²) in [5.74, 6) is -4.93. The number of rotatable bonds is 4. The van der Waals surface area contributed by atoms with Crippen LogP contribution in [0.4, 0.5) is 8.78 Å². The van der Waals surface area contributed by atoms with Crippen LogP contribution in [0.2, 0.25) is 0 Å². The van der Waals surface area contributed by atoms with Gasteiger partial charge in [0.05, 0.1) is 11.5 Å². The Morgan fingerprint density at radius 2 is 2.00 bits per heavy atom. The van der Waals surface area contributed by atoms with Crippen molar-refractivity contribution in [1.29, 1.82) is 0 Å². The zero-order valence-corrected chi connectivity index (χ0v) is 9.98. The highest BCUT2D eigenvalue weighted by molar-refractivity contribution is 5.94. The Morgan fingerprint density at radius 3 is 2.56 bits per heavy atom. The van der Waals surface area contributed by atoms with E-state index in [1.165, 1.54) is 20.0 Å². The molecule has 1 amide bonds. The van der Waals surface area contributed by atoms with Crippen molar-refractivity contribution < 1.29 is 23.5 Å². The van der Waals surface area contributed by atoms with E-state index in [-0.39, 0.29) is 6.54 Å². The van der Waals surface area contributed by atoms with Gasteiger partial charge in [0.1, 0.15) is 0 Å². The molecule has 0 saturated carbocycles. The second-order valence-corrected chi connectivity index (χ2v) is 4.03. The summed E-state index contributed by atoms with van der Waals surface area (Å²) in [6, 6.07) is 3.29. The van der Waals surface area contributed by atoms with Crippen LogP contribution in [0.25, 0.3) is 0 Å². The molecule has 0 spiro atoms. The van der Waals surface area contributed by atoms with Crippen LogP contribution in [-0.2, 0) is 4.79 Å². The van der Waals surface area contributed by atoms with Crippen LogP contribution in [-0.4, -0.2) is 35.5 Å². The number of hydrogen-bond donors (Lipinski definition) is 1. The van der Waals surface area contributed by atoms with Gasteiger partial charge in [0, 0.05) is 13.6 Å². The molecule has 0 heterocycles. The lowest BCUT2D eigenvalue weighted by atomic mass is 10.1. The molecule has 98 valence electrons. The number of carboxylic acids is 1. The smallest absolute Gasteiger partial charge is 0.308 e. The normalized spacial score (nSPS) is 12.0. The maximum atomic E-state index is 13.4. The number of hydrogen-bond acceptors (Lipinski definition) is 2. The molecule has 0 aliphatic carbocycles. The van der Waals surface area contributed by atoms with E-state index in [0.717, 1.165) is 17.0 Å². The van der Waals surface area contributed by atoms with Crippen LogP contribution in [0, 0.1) is 17.6 Å². The summed E-state index contributed by atoms with van der Waals surface area (Å²) in [6.07, 6.45) is 0. The van der Waals surface area contributed by atoms with Gasteiger partial charge in [0.15, 0.2) is 11.6 Å². The number of carbonyl (C=O) groups excluding carboxylic acids is 1. The molecule has 0 aliphatic rings. The lowest BCUT2D eigenvalue weighted by molar-refractivity contribution is -0.141. The molecule has 0 unspecified atom stereocenters. The average molecular weight is 257 g/mol. The van der Waals surface area contributed by atoms with E-state index in [2.05, 4.69) is 0 Å². The number of nitrogens with zero attached hydrogens (tertiary/aromatic N) is 1. The first-order valence-corrected chi connectivity index (χ1v) is 5.27. The summed E-state index contributed by atoms with van der Waals surface area (Å²) in [4.78, 5) is 23.5. The van der Waals surface area contributed by atoms with Gasteiger partial charge in [-0.2, -0.15) is 0 Å². The van der Waals surface area contributed by atoms with E-state index in [0.29, 0.717) is 0 Å². The minimum absolute atomic E-state index is 0.0792. The first kappa shape index (κ1) is 14.1. The maximum absolute atomic E-state index is 13.4. The molecule has 1 N–H and O–H groups in total. The Hall–Kier alpha value is -1.98. The Balaban J connectivity index is 2.87. The fraction of sp³-hybridized carbons (Fsp3) is 0.333. The fourth-order valence-corrected chi connectivity index (χ4v) is 1.45. The minimum atomic E-state index is -1.22. The predicted molar refractivity (Wildman–Crippen MR) is 60.1 cm³/mol. The third-order valence-electron chi connectivity index (χ3n) is 2.50. The van der Waals surface area contributed by atoms with Gasteiger partial charge in [-0.15, -0.1) is 0 Å². The Labute approximate surface area is 103 Å². The number of carboxylic acid groups (broad SMARTS) is 1. The second kappa shape index (κ2) is 5.57. The number of amides is 1. The van der Waals surface area contributed by atoms with E-state index < -0.39 is 35.0 Å². The van der Waals surface area contributed by atoms with Crippen LogP contribution < -0.4 is 0 Å². The van der Waals surface area contributed by atoms with Crippen LogP contribution in [0.3, 0.4) is 0 Å². The van der Waals surface area contributed by atoms with Gasteiger partial charge >= 0.3 is 5.97 Å². The van der Waals surface area contributed by atoms with E-state index in [4.69, 9.17) is 5.11 Å². The van der Waals surface area contributed by atoms with Gasteiger partial charge in [-0.3, -0.25) is 9.59 Å². The number of benzene rings is 1. The van der Waals surface area contributed by atoms with Crippen molar-refractivity contribution in [2.24, 2.45) is 5.92 Å². The van der Waals surface area contributed by atoms with Crippen molar-refractivity contribution in [1.82, 2.24) is 4.90 Å².